The van der Waals surface area contributed by atoms with Crippen molar-refractivity contribution in [2.75, 3.05) is 0 Å². The van der Waals surface area contributed by atoms with Crippen LogP contribution in [0.3, 0.4) is 0 Å². The van der Waals surface area contributed by atoms with E-state index in [0.717, 1.165) is 12.1 Å². The zero-order valence-corrected chi connectivity index (χ0v) is 7.21. The number of hydrogen-bond donors (Lipinski definition) is 1. The molecule has 1 aliphatic carbocycles. The molecule has 1 saturated carbocycles. The van der Waals surface area contributed by atoms with Crippen molar-refractivity contribution in [1.82, 2.24) is 0 Å². The van der Waals surface area contributed by atoms with E-state index in [9.17, 15) is 0 Å². The predicted octanol–water partition coefficient (Wildman–Crippen LogP) is 2.81. The molecule has 0 amide bonds. The Kier molecular flexibility index (Phi) is 3.40. The molecule has 0 radical (unpaired) electrons. The quantitative estimate of drug-likeness (QED) is 0.423. The normalized spacial score (nSPS) is 31.4. The fourth-order valence-electron chi connectivity index (χ4n) is 1.67. The Morgan fingerprint density at radius 2 is 2.00 bits per heavy atom. The van der Waals surface area contributed by atoms with Crippen molar-refractivity contribution in [1.29, 1.82) is 0 Å². The Labute approximate surface area is 68.3 Å². The van der Waals surface area contributed by atoms with Crippen LogP contribution in [0.5, 0.6) is 0 Å². The van der Waals surface area contributed by atoms with E-state index in [1.807, 2.05) is 0 Å². The maximum Gasteiger partial charge on any atom is 0.0598 e. The summed E-state index contributed by atoms with van der Waals surface area (Å²) in [7, 11) is 0. The van der Waals surface area contributed by atoms with Crippen molar-refractivity contribution in [2.45, 2.75) is 45.4 Å². The summed E-state index contributed by atoms with van der Waals surface area (Å²) >= 11 is 0. The first-order valence-corrected chi connectivity index (χ1v) is 4.55. The summed E-state index contributed by atoms with van der Waals surface area (Å²) < 4.78 is 0. The van der Waals surface area contributed by atoms with E-state index in [4.69, 9.17) is 5.21 Å². The van der Waals surface area contributed by atoms with Crippen LogP contribution in [0.2, 0.25) is 0 Å². The molecule has 0 aromatic heterocycles. The van der Waals surface area contributed by atoms with Gasteiger partial charge in [0, 0.05) is 0 Å². The van der Waals surface area contributed by atoms with E-state index in [1.54, 1.807) is 0 Å². The molecule has 1 unspecified atom stereocenters. The second-order valence-electron chi connectivity index (χ2n) is 3.45. The highest BCUT2D eigenvalue weighted by Crippen LogP contribution is 2.19. The van der Waals surface area contributed by atoms with Crippen molar-refractivity contribution in [3.05, 3.63) is 0 Å². The van der Waals surface area contributed by atoms with Crippen molar-refractivity contribution >= 4 is 5.71 Å². The molecule has 1 aliphatic rings. The van der Waals surface area contributed by atoms with Crippen LogP contribution in [0, 0.1) is 5.92 Å². The Morgan fingerprint density at radius 3 is 2.73 bits per heavy atom. The van der Waals surface area contributed by atoms with E-state index in [2.05, 4.69) is 12.1 Å². The second kappa shape index (κ2) is 4.37. The van der Waals surface area contributed by atoms with Gasteiger partial charge in [0.1, 0.15) is 0 Å². The van der Waals surface area contributed by atoms with E-state index in [1.165, 1.54) is 32.1 Å². The first-order chi connectivity index (χ1) is 5.34. The highest BCUT2D eigenvalue weighted by molar-refractivity contribution is 5.85. The van der Waals surface area contributed by atoms with Gasteiger partial charge in [-0.25, -0.2) is 0 Å². The summed E-state index contributed by atoms with van der Waals surface area (Å²) in [5, 5.41) is 12.0. The minimum absolute atomic E-state index is 0.500. The third-order valence-corrected chi connectivity index (χ3v) is 2.52. The summed E-state index contributed by atoms with van der Waals surface area (Å²) in [4.78, 5) is 0. The van der Waals surface area contributed by atoms with Crippen LogP contribution in [0.15, 0.2) is 5.16 Å². The summed E-state index contributed by atoms with van der Waals surface area (Å²) in [5.41, 5.74) is 1.00. The fraction of sp³-hybridized carbons (Fsp3) is 0.889. The minimum Gasteiger partial charge on any atom is -0.411 e. The van der Waals surface area contributed by atoms with Gasteiger partial charge in [-0.05, 0) is 25.2 Å². The van der Waals surface area contributed by atoms with Crippen LogP contribution in [-0.2, 0) is 0 Å². The maximum absolute atomic E-state index is 8.67. The van der Waals surface area contributed by atoms with E-state index in [-0.39, 0.29) is 0 Å². The average molecular weight is 155 g/mol. The molecule has 0 aromatic carbocycles. The molecule has 0 spiro atoms. The number of nitrogens with zero attached hydrogens (tertiary/aromatic N) is 1. The number of rotatable bonds is 0. The van der Waals surface area contributed by atoms with Gasteiger partial charge in [-0.1, -0.05) is 31.3 Å². The molecule has 0 saturated heterocycles. The Balaban J connectivity index is 2.46. The first-order valence-electron chi connectivity index (χ1n) is 4.55. The zero-order chi connectivity index (χ0) is 8.10. The molecule has 1 N–H and O–H groups in total. The van der Waals surface area contributed by atoms with Gasteiger partial charge < -0.3 is 5.21 Å². The predicted molar refractivity (Wildman–Crippen MR) is 46.1 cm³/mol. The van der Waals surface area contributed by atoms with Gasteiger partial charge in [0.15, 0.2) is 0 Å². The van der Waals surface area contributed by atoms with Gasteiger partial charge in [-0.2, -0.15) is 0 Å². The fourth-order valence-corrected chi connectivity index (χ4v) is 1.67. The molecule has 2 heteroatoms. The molecule has 1 rings (SSSR count). The molecule has 64 valence electrons. The molecular weight excluding hydrogens is 138 g/mol. The van der Waals surface area contributed by atoms with Crippen LogP contribution in [0.25, 0.3) is 0 Å². The lowest BCUT2D eigenvalue weighted by Gasteiger charge is -2.15. The highest BCUT2D eigenvalue weighted by atomic mass is 16.4. The maximum atomic E-state index is 8.67. The van der Waals surface area contributed by atoms with Gasteiger partial charge in [0.2, 0.25) is 0 Å². The largest absolute Gasteiger partial charge is 0.411 e. The van der Waals surface area contributed by atoms with Crippen molar-refractivity contribution in [2.24, 2.45) is 11.1 Å². The van der Waals surface area contributed by atoms with Crippen LogP contribution >= 0.6 is 0 Å². The van der Waals surface area contributed by atoms with Gasteiger partial charge in [0.05, 0.1) is 5.71 Å². The lowest BCUT2D eigenvalue weighted by atomic mass is 9.91. The molecule has 0 aliphatic heterocycles. The monoisotopic (exact) mass is 155 g/mol. The number of hydrogen-bond acceptors (Lipinski definition) is 2. The average Bonchev–Trinajstić information content (AvgIpc) is 1.98. The second-order valence-corrected chi connectivity index (χ2v) is 3.45. The summed E-state index contributed by atoms with van der Waals surface area (Å²) in [6.07, 6.45) is 7.33. The van der Waals surface area contributed by atoms with Gasteiger partial charge in [-0.15, -0.1) is 0 Å². The zero-order valence-electron chi connectivity index (χ0n) is 7.21. The lowest BCUT2D eigenvalue weighted by molar-refractivity contribution is 0.311. The van der Waals surface area contributed by atoms with Crippen LogP contribution < -0.4 is 0 Å². The molecule has 1 atom stereocenters. The minimum atomic E-state index is 0.500. The molecule has 0 heterocycles. The van der Waals surface area contributed by atoms with Gasteiger partial charge >= 0.3 is 0 Å². The van der Waals surface area contributed by atoms with Crippen molar-refractivity contribution < 1.29 is 5.21 Å². The van der Waals surface area contributed by atoms with Gasteiger partial charge in [0.25, 0.3) is 0 Å². The lowest BCUT2D eigenvalue weighted by Crippen LogP contribution is -2.13. The van der Waals surface area contributed by atoms with E-state index >= 15 is 0 Å². The Hall–Kier alpha value is -0.530. The molecule has 1 fully saturated rings. The van der Waals surface area contributed by atoms with E-state index in [0.29, 0.717) is 5.92 Å². The van der Waals surface area contributed by atoms with Gasteiger partial charge in [-0.3, -0.25) is 0 Å². The van der Waals surface area contributed by atoms with Crippen LogP contribution in [0.4, 0.5) is 0 Å². The third-order valence-electron chi connectivity index (χ3n) is 2.52. The molecular formula is C9H17NO. The highest BCUT2D eigenvalue weighted by Gasteiger charge is 2.12. The van der Waals surface area contributed by atoms with Crippen LogP contribution in [-0.4, -0.2) is 10.9 Å². The summed E-state index contributed by atoms with van der Waals surface area (Å²) in [6, 6.07) is 0. The molecule has 11 heavy (non-hydrogen) atoms. The summed E-state index contributed by atoms with van der Waals surface area (Å²) in [6.45, 7) is 2.15. The number of oxime groups is 1. The topological polar surface area (TPSA) is 32.6 Å². The molecule has 2 nitrogen and oxygen atoms in total. The van der Waals surface area contributed by atoms with Crippen molar-refractivity contribution in [3.63, 3.8) is 0 Å². The molecule has 0 aromatic rings. The smallest absolute Gasteiger partial charge is 0.0598 e. The first kappa shape index (κ1) is 8.57. The van der Waals surface area contributed by atoms with E-state index < -0.39 is 0 Å². The standard InChI is InChI=1S/C9H17NO/c1-8-6-4-2-3-5-7-9(8)10-11/h8,11H,2-7H2,1H3. The van der Waals surface area contributed by atoms with Crippen molar-refractivity contribution in [3.8, 4) is 0 Å². The summed E-state index contributed by atoms with van der Waals surface area (Å²) in [5.74, 6) is 0.500. The van der Waals surface area contributed by atoms with Crippen LogP contribution in [0.1, 0.15) is 45.4 Å². The Morgan fingerprint density at radius 1 is 1.27 bits per heavy atom. The Bertz CT molecular complexity index is 142. The molecule has 0 bridgehead atoms. The third kappa shape index (κ3) is 2.52. The SMILES string of the molecule is CC1CCCCCCC1=NO.